The summed E-state index contributed by atoms with van der Waals surface area (Å²) in [6.07, 6.45) is 4.37. The average molecular weight is 450 g/mol. The third-order valence-corrected chi connectivity index (χ3v) is 5.02. The second-order valence-electron chi connectivity index (χ2n) is 7.46. The van der Waals surface area contributed by atoms with Gasteiger partial charge in [0.15, 0.2) is 0 Å². The molecule has 3 aromatic heterocycles. The Morgan fingerprint density at radius 3 is 2.52 bits per heavy atom. The smallest absolute Gasteiger partial charge is 0.221 e. The Balaban J connectivity index is 0.000000459. The normalized spacial score (nSPS) is 13.0. The van der Waals surface area contributed by atoms with Gasteiger partial charge in [-0.05, 0) is 31.0 Å². The summed E-state index contributed by atoms with van der Waals surface area (Å²) in [5.74, 6) is 0.773. The van der Waals surface area contributed by atoms with E-state index in [0.717, 1.165) is 30.0 Å². The molecule has 0 amide bonds. The molecule has 1 fully saturated rings. The Kier molecular flexibility index (Phi) is 7.38. The van der Waals surface area contributed by atoms with Crippen LogP contribution in [-0.2, 0) is 22.6 Å². The molecule has 172 valence electrons. The van der Waals surface area contributed by atoms with Crippen molar-refractivity contribution in [1.82, 2.24) is 29.9 Å². The number of pyridine rings is 1. The quantitative estimate of drug-likeness (QED) is 0.473. The van der Waals surface area contributed by atoms with Crippen LogP contribution in [0, 0.1) is 0 Å². The van der Waals surface area contributed by atoms with Crippen LogP contribution < -0.4 is 10.5 Å². The summed E-state index contributed by atoms with van der Waals surface area (Å²) < 4.78 is 17.2. The molecule has 0 aliphatic carbocycles. The van der Waals surface area contributed by atoms with Crippen LogP contribution in [0.3, 0.4) is 0 Å². The SMILES string of the molecule is C1CCOC1.COCc1cccc(Cn2cc(-c3nc(N)nc4c(OC)cccc34)nn2)n1. The zero-order valence-corrected chi connectivity index (χ0v) is 18.8. The van der Waals surface area contributed by atoms with Gasteiger partial charge in [-0.15, -0.1) is 5.10 Å². The van der Waals surface area contributed by atoms with Gasteiger partial charge < -0.3 is 19.9 Å². The van der Waals surface area contributed by atoms with Crippen molar-refractivity contribution < 1.29 is 14.2 Å². The number of nitrogens with two attached hydrogens (primary N) is 1. The zero-order valence-electron chi connectivity index (χ0n) is 18.8. The molecule has 0 unspecified atom stereocenters. The highest BCUT2D eigenvalue weighted by molar-refractivity contribution is 5.95. The lowest BCUT2D eigenvalue weighted by molar-refractivity contribution is 0.181. The van der Waals surface area contributed by atoms with Crippen LogP contribution in [0.1, 0.15) is 24.2 Å². The number of fused-ring (bicyclic) bond motifs is 1. The van der Waals surface area contributed by atoms with Crippen molar-refractivity contribution in [3.05, 3.63) is 54.0 Å². The number of hydrogen-bond donors (Lipinski definition) is 1. The van der Waals surface area contributed by atoms with Crippen LogP contribution in [0.4, 0.5) is 5.95 Å². The molecule has 33 heavy (non-hydrogen) atoms. The molecule has 2 N–H and O–H groups in total. The van der Waals surface area contributed by atoms with E-state index in [1.54, 1.807) is 18.9 Å². The largest absolute Gasteiger partial charge is 0.494 e. The molecule has 10 nitrogen and oxygen atoms in total. The van der Waals surface area contributed by atoms with Gasteiger partial charge in [-0.1, -0.05) is 23.4 Å². The number of nitrogen functional groups attached to an aromatic ring is 1. The number of aromatic nitrogens is 6. The summed E-state index contributed by atoms with van der Waals surface area (Å²) in [7, 11) is 3.23. The van der Waals surface area contributed by atoms with Crippen molar-refractivity contribution in [3.63, 3.8) is 0 Å². The molecule has 0 spiro atoms. The number of hydrogen-bond acceptors (Lipinski definition) is 9. The van der Waals surface area contributed by atoms with Gasteiger partial charge in [-0.2, -0.15) is 0 Å². The van der Waals surface area contributed by atoms with E-state index in [4.69, 9.17) is 19.9 Å². The minimum absolute atomic E-state index is 0.149. The fourth-order valence-corrected chi connectivity index (χ4v) is 3.51. The molecule has 0 atom stereocenters. The number of methoxy groups -OCH3 is 2. The van der Waals surface area contributed by atoms with E-state index in [1.165, 1.54) is 12.8 Å². The monoisotopic (exact) mass is 449 g/mol. The highest BCUT2D eigenvalue weighted by Crippen LogP contribution is 2.30. The second kappa shape index (κ2) is 10.8. The Labute approximate surface area is 191 Å². The molecule has 0 bridgehead atoms. The Morgan fingerprint density at radius 2 is 1.79 bits per heavy atom. The van der Waals surface area contributed by atoms with Crippen LogP contribution in [0.15, 0.2) is 42.6 Å². The van der Waals surface area contributed by atoms with Gasteiger partial charge in [0, 0.05) is 25.7 Å². The minimum Gasteiger partial charge on any atom is -0.494 e. The van der Waals surface area contributed by atoms with Crippen LogP contribution in [0.25, 0.3) is 22.3 Å². The van der Waals surface area contributed by atoms with Gasteiger partial charge in [0.25, 0.3) is 0 Å². The highest BCUT2D eigenvalue weighted by Gasteiger charge is 2.15. The third-order valence-electron chi connectivity index (χ3n) is 5.02. The van der Waals surface area contributed by atoms with Gasteiger partial charge in [-0.3, -0.25) is 4.98 Å². The molecule has 1 aliphatic heterocycles. The number of ether oxygens (including phenoxy) is 3. The molecule has 0 saturated carbocycles. The van der Waals surface area contributed by atoms with E-state index in [9.17, 15) is 0 Å². The van der Waals surface area contributed by atoms with Crippen molar-refractivity contribution in [3.8, 4) is 17.1 Å². The van der Waals surface area contributed by atoms with Gasteiger partial charge >= 0.3 is 0 Å². The second-order valence-corrected chi connectivity index (χ2v) is 7.46. The molecule has 10 heteroatoms. The highest BCUT2D eigenvalue weighted by atomic mass is 16.5. The predicted octanol–water partition coefficient (Wildman–Crippen LogP) is 2.87. The van der Waals surface area contributed by atoms with Crippen LogP contribution in [0.2, 0.25) is 0 Å². The number of para-hydroxylation sites is 1. The van der Waals surface area contributed by atoms with Crippen molar-refractivity contribution in [1.29, 1.82) is 0 Å². The van der Waals surface area contributed by atoms with E-state index < -0.39 is 0 Å². The maximum atomic E-state index is 5.91. The lowest BCUT2D eigenvalue weighted by Gasteiger charge is -2.07. The van der Waals surface area contributed by atoms with Gasteiger partial charge in [-0.25, -0.2) is 14.6 Å². The summed E-state index contributed by atoms with van der Waals surface area (Å²) in [5.41, 5.74) is 9.47. The Hall–Kier alpha value is -3.63. The maximum absolute atomic E-state index is 5.91. The lowest BCUT2D eigenvalue weighted by Crippen LogP contribution is -2.04. The van der Waals surface area contributed by atoms with E-state index >= 15 is 0 Å². The summed E-state index contributed by atoms with van der Waals surface area (Å²) in [6.45, 7) is 2.94. The van der Waals surface area contributed by atoms with Gasteiger partial charge in [0.05, 0.1) is 37.8 Å². The Morgan fingerprint density at radius 1 is 1.00 bits per heavy atom. The molecule has 0 radical (unpaired) electrons. The maximum Gasteiger partial charge on any atom is 0.221 e. The molecule has 1 aromatic carbocycles. The first-order valence-corrected chi connectivity index (χ1v) is 10.7. The van der Waals surface area contributed by atoms with E-state index in [1.807, 2.05) is 42.6 Å². The molecule has 5 rings (SSSR count). The summed E-state index contributed by atoms with van der Waals surface area (Å²) >= 11 is 0. The number of rotatable bonds is 6. The van der Waals surface area contributed by atoms with Gasteiger partial charge in [0.2, 0.25) is 5.95 Å². The predicted molar refractivity (Wildman–Crippen MR) is 124 cm³/mol. The zero-order chi connectivity index (χ0) is 23.0. The average Bonchev–Trinajstić information content (AvgIpc) is 3.54. The van der Waals surface area contributed by atoms with Crippen molar-refractivity contribution >= 4 is 16.9 Å². The molecule has 4 heterocycles. The van der Waals surface area contributed by atoms with E-state index in [0.29, 0.717) is 35.8 Å². The van der Waals surface area contributed by atoms with Crippen LogP contribution >= 0.6 is 0 Å². The van der Waals surface area contributed by atoms with Crippen molar-refractivity contribution in [2.45, 2.75) is 26.0 Å². The first kappa shape index (κ1) is 22.6. The summed E-state index contributed by atoms with van der Waals surface area (Å²) in [4.78, 5) is 13.2. The summed E-state index contributed by atoms with van der Waals surface area (Å²) in [5, 5.41) is 9.26. The van der Waals surface area contributed by atoms with Crippen molar-refractivity contribution in [2.24, 2.45) is 0 Å². The standard InChI is InChI=1S/C19H19N7O2.C4H8O/c1-27-11-13-6-3-5-12(21-13)9-26-10-15(24-25-26)17-14-7-4-8-16(28-2)18(14)23-19(20)22-17;1-2-4-5-3-1/h3-8,10H,9,11H2,1-2H3,(H2,20,22,23);1-4H2. The third kappa shape index (κ3) is 5.60. The van der Waals surface area contributed by atoms with E-state index in [2.05, 4.69) is 25.3 Å². The van der Waals surface area contributed by atoms with Crippen molar-refractivity contribution in [2.75, 3.05) is 33.2 Å². The number of anilines is 1. The molecule has 1 saturated heterocycles. The molecular formula is C23H27N7O3. The number of benzene rings is 1. The topological polar surface area (TPSA) is 123 Å². The lowest BCUT2D eigenvalue weighted by atomic mass is 10.1. The first-order chi connectivity index (χ1) is 16.2. The van der Waals surface area contributed by atoms with Crippen LogP contribution in [0.5, 0.6) is 5.75 Å². The minimum atomic E-state index is 0.149. The first-order valence-electron chi connectivity index (χ1n) is 10.7. The van der Waals surface area contributed by atoms with Gasteiger partial charge in [0.1, 0.15) is 22.7 Å². The molecule has 4 aromatic rings. The summed E-state index contributed by atoms with van der Waals surface area (Å²) in [6, 6.07) is 11.4. The molecule has 1 aliphatic rings. The number of nitrogens with zero attached hydrogens (tertiary/aromatic N) is 6. The Bertz CT molecular complexity index is 1200. The fourth-order valence-electron chi connectivity index (χ4n) is 3.51. The fraction of sp³-hybridized carbons (Fsp3) is 0.348. The van der Waals surface area contributed by atoms with E-state index in [-0.39, 0.29) is 5.95 Å². The molecular weight excluding hydrogens is 422 g/mol. The van der Waals surface area contributed by atoms with Crippen LogP contribution in [-0.4, -0.2) is 57.4 Å².